The highest BCUT2D eigenvalue weighted by atomic mass is 32.2. The van der Waals surface area contributed by atoms with E-state index in [1.807, 2.05) is 36.4 Å². The van der Waals surface area contributed by atoms with Crippen molar-refractivity contribution in [3.05, 3.63) is 84.2 Å². The summed E-state index contributed by atoms with van der Waals surface area (Å²) in [6, 6.07) is 18.8. The summed E-state index contributed by atoms with van der Waals surface area (Å²) in [7, 11) is 1.66. The van der Waals surface area contributed by atoms with E-state index in [0.29, 0.717) is 17.4 Å². The molecule has 0 spiro atoms. The lowest BCUT2D eigenvalue weighted by Gasteiger charge is -2.24. The minimum absolute atomic E-state index is 0.244. The molecule has 1 saturated heterocycles. The fourth-order valence-electron chi connectivity index (χ4n) is 4.40. The lowest BCUT2D eigenvalue weighted by molar-refractivity contribution is -0.274. The number of halogens is 3. The van der Waals surface area contributed by atoms with Gasteiger partial charge in [0.1, 0.15) is 17.8 Å². The molecule has 9 nitrogen and oxygen atoms in total. The molecule has 0 saturated carbocycles. The summed E-state index contributed by atoms with van der Waals surface area (Å²) in [5.41, 5.74) is 7.19. The molecule has 0 atom stereocenters. The Balaban J connectivity index is 1.20. The molecular formula is C30H28F3N7O2S2. The first kappa shape index (κ1) is 31.0. The zero-order valence-electron chi connectivity index (χ0n) is 23.9. The van der Waals surface area contributed by atoms with E-state index < -0.39 is 6.36 Å². The number of amidine groups is 1. The van der Waals surface area contributed by atoms with Crippen molar-refractivity contribution in [2.45, 2.75) is 26.1 Å². The van der Waals surface area contributed by atoms with E-state index in [-0.39, 0.29) is 10.9 Å². The number of nitrogens with zero attached hydrogens (tertiary/aromatic N) is 6. The van der Waals surface area contributed by atoms with Gasteiger partial charge in [-0.2, -0.15) is 10.1 Å². The van der Waals surface area contributed by atoms with Crippen molar-refractivity contribution >= 4 is 46.2 Å². The van der Waals surface area contributed by atoms with Crippen LogP contribution in [0.5, 0.6) is 11.5 Å². The fourth-order valence-corrected chi connectivity index (χ4v) is 5.56. The topological polar surface area (TPSA) is 89.2 Å². The number of hydrogen-bond acceptors (Lipinski definition) is 7. The largest absolute Gasteiger partial charge is 0.573 e. The van der Waals surface area contributed by atoms with Crippen molar-refractivity contribution in [2.75, 3.05) is 24.3 Å². The van der Waals surface area contributed by atoms with Gasteiger partial charge in [-0.1, -0.05) is 55.9 Å². The van der Waals surface area contributed by atoms with Crippen molar-refractivity contribution in [3.63, 3.8) is 0 Å². The maximum Gasteiger partial charge on any atom is 0.573 e. The second-order valence-electron chi connectivity index (χ2n) is 9.83. The van der Waals surface area contributed by atoms with Crippen LogP contribution in [0.25, 0.3) is 17.1 Å². The van der Waals surface area contributed by atoms with Crippen LogP contribution in [0, 0.1) is 0 Å². The molecule has 14 heteroatoms. The predicted molar refractivity (Wildman–Crippen MR) is 171 cm³/mol. The summed E-state index contributed by atoms with van der Waals surface area (Å²) in [6.45, 7) is 5.13. The molecule has 1 fully saturated rings. The smallest absolute Gasteiger partial charge is 0.497 e. The van der Waals surface area contributed by atoms with Gasteiger partial charge in [0.15, 0.2) is 11.0 Å². The minimum Gasteiger partial charge on any atom is -0.497 e. The number of rotatable bonds is 8. The molecule has 1 aliphatic heterocycles. The van der Waals surface area contributed by atoms with Gasteiger partial charge in [-0.15, -0.1) is 18.3 Å². The van der Waals surface area contributed by atoms with Crippen LogP contribution < -0.4 is 19.8 Å². The Morgan fingerprint density at radius 3 is 2.48 bits per heavy atom. The zero-order valence-corrected chi connectivity index (χ0v) is 25.6. The quantitative estimate of drug-likeness (QED) is 0.128. The van der Waals surface area contributed by atoms with Gasteiger partial charge < -0.3 is 14.4 Å². The Morgan fingerprint density at radius 2 is 1.80 bits per heavy atom. The van der Waals surface area contributed by atoms with Crippen LogP contribution in [0.2, 0.25) is 0 Å². The molecule has 1 aliphatic rings. The fraction of sp³-hybridized carbons (Fsp3) is 0.233. The van der Waals surface area contributed by atoms with Gasteiger partial charge >= 0.3 is 6.36 Å². The number of anilines is 1. The molecular weight excluding hydrogens is 612 g/mol. The molecule has 2 heterocycles. The molecule has 4 aromatic rings. The molecule has 1 N–H and O–H groups in total. The molecule has 1 aromatic heterocycles. The number of alkyl halides is 3. The number of thioether (sulfide) groups is 1. The van der Waals surface area contributed by atoms with E-state index in [4.69, 9.17) is 17.0 Å². The SMILES string of the molecule is COc1ccc(C(C)C)c(N2CCS/C2=N\C(=S)N/N=C/c2ccc(-c3ncn(-c4ccc(OC(F)(F)F)cc4)n3)cc2)c1. The maximum atomic E-state index is 12.4. The van der Waals surface area contributed by atoms with Crippen LogP contribution in [0.1, 0.15) is 30.9 Å². The van der Waals surface area contributed by atoms with E-state index in [1.165, 1.54) is 40.8 Å². The summed E-state index contributed by atoms with van der Waals surface area (Å²) in [4.78, 5) is 11.1. The Hall–Kier alpha value is -4.43. The average Bonchev–Trinajstić information content (AvgIpc) is 3.67. The van der Waals surface area contributed by atoms with Crippen LogP contribution in [0.4, 0.5) is 18.9 Å². The molecule has 3 aromatic carbocycles. The van der Waals surface area contributed by atoms with E-state index in [2.05, 4.69) is 55.2 Å². The first-order valence-electron chi connectivity index (χ1n) is 13.5. The third kappa shape index (κ3) is 7.74. The molecule has 0 radical (unpaired) electrons. The first-order chi connectivity index (χ1) is 21.1. The van der Waals surface area contributed by atoms with E-state index >= 15 is 0 Å². The number of thiocarbonyl (C=S) groups is 1. The van der Waals surface area contributed by atoms with Gasteiger partial charge in [-0.25, -0.2) is 9.67 Å². The maximum absolute atomic E-state index is 12.4. The minimum atomic E-state index is -4.75. The van der Waals surface area contributed by atoms with Gasteiger partial charge in [0.2, 0.25) is 5.11 Å². The van der Waals surface area contributed by atoms with Crippen molar-refractivity contribution in [1.82, 2.24) is 20.2 Å². The van der Waals surface area contributed by atoms with Gasteiger partial charge in [-0.3, -0.25) is 5.43 Å². The number of methoxy groups -OCH3 is 1. The van der Waals surface area contributed by atoms with Gasteiger partial charge in [0.25, 0.3) is 0 Å². The lowest BCUT2D eigenvalue weighted by Crippen LogP contribution is -2.27. The second-order valence-corrected chi connectivity index (χ2v) is 11.3. The molecule has 5 rings (SSSR count). The Kier molecular flexibility index (Phi) is 9.49. The van der Waals surface area contributed by atoms with Crippen LogP contribution in [-0.2, 0) is 0 Å². The number of benzene rings is 3. The summed E-state index contributed by atoms with van der Waals surface area (Å²) in [6.07, 6.45) is -1.63. The van der Waals surface area contributed by atoms with Crippen molar-refractivity contribution in [3.8, 4) is 28.6 Å². The molecule has 0 unspecified atom stereocenters. The third-order valence-electron chi connectivity index (χ3n) is 6.49. The van der Waals surface area contributed by atoms with Crippen LogP contribution >= 0.6 is 24.0 Å². The number of aromatic nitrogens is 3. The molecule has 0 amide bonds. The van der Waals surface area contributed by atoms with Crippen molar-refractivity contribution in [1.29, 1.82) is 0 Å². The van der Waals surface area contributed by atoms with Crippen molar-refractivity contribution in [2.24, 2.45) is 10.1 Å². The Labute approximate surface area is 261 Å². The standard InChI is InChI=1S/C30H28F3N7O2S2/c1-19(2)25-13-12-24(41-3)16-26(25)39-14-15-44-29(39)36-28(43)37-35-17-20-4-6-21(7-5-20)27-34-18-40(38-27)22-8-10-23(11-9-22)42-30(31,32)33/h4-13,16-19H,14-15H2,1-3H3,(H,37,43)/b35-17+,36-29-. The van der Waals surface area contributed by atoms with E-state index in [0.717, 1.165) is 40.0 Å². The number of aliphatic imine (C=N–C) groups is 1. The first-order valence-corrected chi connectivity index (χ1v) is 14.9. The van der Waals surface area contributed by atoms with Gasteiger partial charge in [-0.05, 0) is 59.6 Å². The summed E-state index contributed by atoms with van der Waals surface area (Å²) in [5.74, 6) is 2.15. The normalized spacial score (nSPS) is 14.5. The monoisotopic (exact) mass is 639 g/mol. The summed E-state index contributed by atoms with van der Waals surface area (Å²) >= 11 is 7.08. The lowest BCUT2D eigenvalue weighted by atomic mass is 10.00. The highest BCUT2D eigenvalue weighted by Crippen LogP contribution is 2.35. The predicted octanol–water partition coefficient (Wildman–Crippen LogP) is 6.78. The van der Waals surface area contributed by atoms with Gasteiger partial charge in [0, 0.05) is 29.6 Å². The summed E-state index contributed by atoms with van der Waals surface area (Å²) < 4.78 is 48.0. The highest BCUT2D eigenvalue weighted by Gasteiger charge is 2.31. The van der Waals surface area contributed by atoms with E-state index in [1.54, 1.807) is 25.1 Å². The van der Waals surface area contributed by atoms with Crippen LogP contribution in [0.3, 0.4) is 0 Å². The number of nitrogens with one attached hydrogen (secondary N) is 1. The van der Waals surface area contributed by atoms with Gasteiger partial charge in [0.05, 0.1) is 19.0 Å². The Bertz CT molecular complexity index is 1670. The van der Waals surface area contributed by atoms with Crippen LogP contribution in [0.15, 0.2) is 83.2 Å². The second kappa shape index (κ2) is 13.5. The van der Waals surface area contributed by atoms with Crippen molar-refractivity contribution < 1.29 is 22.6 Å². The summed E-state index contributed by atoms with van der Waals surface area (Å²) in [5, 5.41) is 9.71. The Morgan fingerprint density at radius 1 is 1.07 bits per heavy atom. The highest BCUT2D eigenvalue weighted by molar-refractivity contribution is 8.14. The number of ether oxygens (including phenoxy) is 2. The van der Waals surface area contributed by atoms with Crippen LogP contribution in [-0.4, -0.2) is 57.0 Å². The molecule has 0 bridgehead atoms. The van der Waals surface area contributed by atoms with E-state index in [9.17, 15) is 13.2 Å². The molecule has 228 valence electrons. The number of hydrogen-bond donors (Lipinski definition) is 1. The molecule has 44 heavy (non-hydrogen) atoms. The third-order valence-corrected chi connectivity index (χ3v) is 7.63. The zero-order chi connectivity index (χ0) is 31.3. The average molecular weight is 640 g/mol. The molecule has 0 aliphatic carbocycles. The number of hydrazone groups is 1.